The van der Waals surface area contributed by atoms with Gasteiger partial charge in [0, 0.05) is 49.1 Å². The normalized spacial score (nSPS) is 17.6. The lowest BCUT2D eigenvalue weighted by Crippen LogP contribution is -2.58. The smallest absolute Gasteiger partial charge is 0.305 e. The Hall–Kier alpha value is -2.88. The summed E-state index contributed by atoms with van der Waals surface area (Å²) in [6, 6.07) is 3.50. The second kappa shape index (κ2) is 18.9. The minimum Gasteiger partial charge on any atom is -0.506 e. The number of phenols is 1. The van der Waals surface area contributed by atoms with Crippen LogP contribution in [0.15, 0.2) is 22.3 Å². The standard InChI is InChI=1S/C34H51N5O5S2.CH2O2/c1-23(2)31-36-26(21-45-31)32(42)39-18-19-44-34(22-39)13-16-38(17-14-34)15-9-7-5-4-6-8-10-24(3)35-20-28(41)25-11-12-27(40)29-30(25)46-33(43)37-29;2-1-3/h11-12,21,23-24,28,35,40-41H,4-10,13-20,22H2,1-3H3,(H,37,43);1H,(H,2,3)/t24?,28-;/m0./s1. The van der Waals surface area contributed by atoms with E-state index < -0.39 is 6.10 Å². The Kier molecular flexibility index (Phi) is 15.0. The van der Waals surface area contributed by atoms with Gasteiger partial charge in [0.05, 0.1) is 34.6 Å². The molecule has 5 N–H and O–H groups in total. The molecule has 1 unspecified atom stereocenters. The average molecular weight is 720 g/mol. The third-order valence-electron chi connectivity index (χ3n) is 9.51. The van der Waals surface area contributed by atoms with E-state index in [1.807, 2.05) is 10.3 Å². The number of aromatic amines is 1. The van der Waals surface area contributed by atoms with Crippen LogP contribution in [0.3, 0.4) is 0 Å². The molecular formula is C35H53N5O7S2. The first-order valence-corrected chi connectivity index (χ1v) is 19.2. The van der Waals surface area contributed by atoms with E-state index in [0.29, 0.717) is 53.6 Å². The van der Waals surface area contributed by atoms with Crippen molar-refractivity contribution in [3.63, 3.8) is 0 Å². The van der Waals surface area contributed by atoms with Gasteiger partial charge in [0.1, 0.15) is 17.0 Å². The molecule has 2 atom stereocenters. The predicted octanol–water partition coefficient (Wildman–Crippen LogP) is 5.33. The van der Waals surface area contributed by atoms with E-state index in [2.05, 4.69) is 41.0 Å². The second-order valence-corrected chi connectivity index (χ2v) is 15.4. The molecule has 0 aliphatic carbocycles. The molecule has 3 aromatic rings. The number of hydrogen-bond acceptors (Lipinski definition) is 11. The number of piperidine rings is 1. The molecule has 12 nitrogen and oxygen atoms in total. The third kappa shape index (κ3) is 11.1. The molecule has 2 aromatic heterocycles. The molecule has 5 rings (SSSR count). The number of H-pyrrole nitrogens is 1. The molecular weight excluding hydrogens is 667 g/mol. The van der Waals surface area contributed by atoms with E-state index in [1.165, 1.54) is 38.2 Å². The van der Waals surface area contributed by atoms with E-state index >= 15 is 0 Å². The highest BCUT2D eigenvalue weighted by Gasteiger charge is 2.41. The van der Waals surface area contributed by atoms with Gasteiger partial charge in [-0.2, -0.15) is 0 Å². The van der Waals surface area contributed by atoms with E-state index in [0.717, 1.165) is 61.7 Å². The Morgan fingerprint density at radius 3 is 2.51 bits per heavy atom. The Morgan fingerprint density at radius 1 is 1.12 bits per heavy atom. The number of phenolic OH excluding ortho intramolecular Hbond substituents is 1. The van der Waals surface area contributed by atoms with Crippen molar-refractivity contribution >= 4 is 45.3 Å². The first-order chi connectivity index (χ1) is 23.6. The van der Waals surface area contributed by atoms with Crippen LogP contribution in [0.5, 0.6) is 5.75 Å². The predicted molar refractivity (Wildman–Crippen MR) is 194 cm³/mol. The molecule has 272 valence electrons. The van der Waals surface area contributed by atoms with Crippen molar-refractivity contribution < 1.29 is 29.6 Å². The zero-order valence-electron chi connectivity index (χ0n) is 29.0. The van der Waals surface area contributed by atoms with Crippen molar-refractivity contribution in [2.75, 3.05) is 45.9 Å². The minimum atomic E-state index is -0.747. The highest BCUT2D eigenvalue weighted by molar-refractivity contribution is 7.16. The summed E-state index contributed by atoms with van der Waals surface area (Å²) in [4.78, 5) is 44.8. The maximum Gasteiger partial charge on any atom is 0.305 e. The Bertz CT molecular complexity index is 1530. The average Bonchev–Trinajstić information content (AvgIpc) is 3.74. The Labute approximate surface area is 296 Å². The second-order valence-electron chi connectivity index (χ2n) is 13.6. The van der Waals surface area contributed by atoms with Gasteiger partial charge >= 0.3 is 4.87 Å². The number of fused-ring (bicyclic) bond motifs is 1. The first-order valence-electron chi connectivity index (χ1n) is 17.5. The molecule has 1 amide bonds. The van der Waals surface area contributed by atoms with Gasteiger partial charge in [-0.1, -0.05) is 63.4 Å². The molecule has 0 radical (unpaired) electrons. The number of rotatable bonds is 15. The van der Waals surface area contributed by atoms with Crippen LogP contribution >= 0.6 is 22.7 Å². The number of aromatic hydroxyl groups is 1. The van der Waals surface area contributed by atoms with Gasteiger partial charge in [-0.15, -0.1) is 11.3 Å². The number of aromatic nitrogens is 2. The topological polar surface area (TPSA) is 168 Å². The monoisotopic (exact) mass is 719 g/mol. The van der Waals surface area contributed by atoms with Gasteiger partial charge in [0.15, 0.2) is 0 Å². The molecule has 2 aliphatic heterocycles. The number of thiazole rings is 2. The highest BCUT2D eigenvalue weighted by Crippen LogP contribution is 2.32. The van der Waals surface area contributed by atoms with Gasteiger partial charge in [-0.3, -0.25) is 14.4 Å². The van der Waals surface area contributed by atoms with E-state index in [4.69, 9.17) is 14.6 Å². The lowest BCUT2D eigenvalue weighted by molar-refractivity contribution is -0.127. The summed E-state index contributed by atoms with van der Waals surface area (Å²) >= 11 is 2.59. The quantitative estimate of drug-likeness (QED) is 0.102. The lowest BCUT2D eigenvalue weighted by Gasteiger charge is -2.47. The summed E-state index contributed by atoms with van der Waals surface area (Å²) in [5.74, 6) is 0.405. The number of carboxylic acid groups (broad SMARTS) is 1. The summed E-state index contributed by atoms with van der Waals surface area (Å²) in [5, 5.41) is 33.9. The summed E-state index contributed by atoms with van der Waals surface area (Å²) in [5.41, 5.74) is 1.42. The summed E-state index contributed by atoms with van der Waals surface area (Å²) in [7, 11) is 0. The number of nitrogens with zero attached hydrogens (tertiary/aromatic N) is 3. The van der Waals surface area contributed by atoms with Gasteiger partial charge < -0.3 is 40.2 Å². The van der Waals surface area contributed by atoms with Crippen LogP contribution in [0.2, 0.25) is 0 Å². The van der Waals surface area contributed by atoms with E-state index in [9.17, 15) is 19.8 Å². The zero-order valence-corrected chi connectivity index (χ0v) is 30.6. The van der Waals surface area contributed by atoms with Crippen LogP contribution in [-0.4, -0.2) is 105 Å². The molecule has 1 spiro atoms. The van der Waals surface area contributed by atoms with Crippen molar-refractivity contribution in [3.05, 3.63) is 43.4 Å². The summed E-state index contributed by atoms with van der Waals surface area (Å²) in [6.07, 6.45) is 9.58. The van der Waals surface area contributed by atoms with Crippen molar-refractivity contribution in [1.82, 2.24) is 25.1 Å². The number of likely N-dealkylation sites (tertiary alicyclic amines) is 1. The zero-order chi connectivity index (χ0) is 35.4. The molecule has 2 fully saturated rings. The SMILES string of the molecule is CC(CCCCCCCCN1CCC2(CC1)CN(C(=O)c1csc(C(C)C)n1)CCO2)NC[C@H](O)c1ccc(O)c2[nH]c(=O)sc12.O=CO. The number of benzene rings is 1. The van der Waals surface area contributed by atoms with Gasteiger partial charge in [0.2, 0.25) is 0 Å². The molecule has 49 heavy (non-hydrogen) atoms. The number of hydrogen-bond donors (Lipinski definition) is 5. The van der Waals surface area contributed by atoms with Crippen molar-refractivity contribution in [2.24, 2.45) is 0 Å². The fraction of sp³-hybridized carbons (Fsp3) is 0.657. The molecule has 4 heterocycles. The highest BCUT2D eigenvalue weighted by atomic mass is 32.1. The maximum absolute atomic E-state index is 13.2. The number of carbonyl (C=O) groups excluding carboxylic acids is 1. The number of amides is 1. The first kappa shape index (κ1) is 38.9. The van der Waals surface area contributed by atoms with Crippen LogP contribution < -0.4 is 10.2 Å². The van der Waals surface area contributed by atoms with Gasteiger partial charge in [-0.25, -0.2) is 4.98 Å². The van der Waals surface area contributed by atoms with Crippen molar-refractivity contribution in [2.45, 2.75) is 102 Å². The minimum absolute atomic E-state index is 0.0233. The third-order valence-corrected chi connectivity index (χ3v) is 11.6. The van der Waals surface area contributed by atoms with Crippen molar-refractivity contribution in [1.29, 1.82) is 0 Å². The van der Waals surface area contributed by atoms with Crippen LogP contribution in [-0.2, 0) is 9.53 Å². The maximum atomic E-state index is 13.2. The van der Waals surface area contributed by atoms with Gasteiger partial charge in [0.25, 0.3) is 12.4 Å². The molecule has 1 aromatic carbocycles. The number of carbonyl (C=O) groups is 2. The molecule has 0 bridgehead atoms. The number of aliphatic hydroxyl groups excluding tert-OH is 1. The Morgan fingerprint density at radius 2 is 1.82 bits per heavy atom. The lowest BCUT2D eigenvalue weighted by atomic mass is 9.89. The number of nitrogens with one attached hydrogen (secondary N) is 2. The largest absolute Gasteiger partial charge is 0.506 e. The van der Waals surface area contributed by atoms with Crippen molar-refractivity contribution in [3.8, 4) is 5.75 Å². The summed E-state index contributed by atoms with van der Waals surface area (Å²) < 4.78 is 6.92. The number of morpholine rings is 1. The van der Waals surface area contributed by atoms with Crippen LogP contribution in [0.1, 0.15) is 112 Å². The molecule has 0 saturated carbocycles. The number of ether oxygens (including phenoxy) is 1. The number of aliphatic hydroxyl groups is 1. The van der Waals surface area contributed by atoms with Crippen LogP contribution in [0, 0.1) is 0 Å². The fourth-order valence-electron chi connectivity index (χ4n) is 6.64. The molecule has 2 saturated heterocycles. The molecule has 14 heteroatoms. The number of unbranched alkanes of at least 4 members (excludes halogenated alkanes) is 5. The van der Waals surface area contributed by atoms with Crippen LogP contribution in [0.4, 0.5) is 0 Å². The van der Waals surface area contributed by atoms with Gasteiger partial charge in [-0.05, 0) is 45.2 Å². The molecule has 2 aliphatic rings. The van der Waals surface area contributed by atoms with Crippen LogP contribution in [0.25, 0.3) is 10.2 Å². The van der Waals surface area contributed by atoms with E-state index in [-0.39, 0.29) is 34.6 Å². The fourth-order valence-corrected chi connectivity index (χ4v) is 8.36. The Balaban J connectivity index is 0.00000174. The summed E-state index contributed by atoms with van der Waals surface area (Å²) in [6.45, 7) is 11.6. The van der Waals surface area contributed by atoms with E-state index in [1.54, 1.807) is 17.4 Å².